The molecule has 0 N–H and O–H groups in total. The smallest absolute Gasteiger partial charge is 0.429 e. The molecule has 0 aliphatic carbocycles. The summed E-state index contributed by atoms with van der Waals surface area (Å²) in [5.74, 6) is -11.0. The molecule has 9 heteroatoms. The van der Waals surface area contributed by atoms with E-state index in [0.29, 0.717) is 17.7 Å². The first kappa shape index (κ1) is 26.2. The van der Waals surface area contributed by atoms with Crippen LogP contribution in [0.25, 0.3) is 22.3 Å². The number of alkyl halides is 2. The van der Waals surface area contributed by atoms with Crippen molar-refractivity contribution < 1.29 is 39.9 Å². The van der Waals surface area contributed by atoms with Crippen LogP contribution in [0.1, 0.15) is 24.5 Å². The molecule has 4 rings (SSSR count). The van der Waals surface area contributed by atoms with E-state index in [2.05, 4.69) is 4.74 Å². The van der Waals surface area contributed by atoms with Gasteiger partial charge in [-0.1, -0.05) is 49.7 Å². The molecule has 1 nitrogen and oxygen atoms in total. The van der Waals surface area contributed by atoms with Gasteiger partial charge >= 0.3 is 6.11 Å². The lowest BCUT2D eigenvalue weighted by Gasteiger charge is -2.20. The van der Waals surface area contributed by atoms with Gasteiger partial charge in [0.25, 0.3) is 0 Å². The van der Waals surface area contributed by atoms with Gasteiger partial charge in [-0.15, -0.1) is 0 Å². The van der Waals surface area contributed by atoms with Crippen LogP contribution in [-0.2, 0) is 12.5 Å². The second kappa shape index (κ2) is 10.2. The summed E-state index contributed by atoms with van der Waals surface area (Å²) in [7, 11) is 0. The highest BCUT2D eigenvalue weighted by atomic mass is 19.3. The molecular formula is C28H18F8O. The number of aryl methyl sites for hydroxylation is 1. The Kier molecular flexibility index (Phi) is 7.25. The van der Waals surface area contributed by atoms with E-state index < -0.39 is 52.3 Å². The van der Waals surface area contributed by atoms with Crippen LogP contribution in [0.3, 0.4) is 0 Å². The van der Waals surface area contributed by atoms with E-state index in [9.17, 15) is 35.1 Å². The first-order chi connectivity index (χ1) is 17.5. The first-order valence-corrected chi connectivity index (χ1v) is 11.1. The predicted molar refractivity (Wildman–Crippen MR) is 122 cm³/mol. The van der Waals surface area contributed by atoms with E-state index in [0.717, 1.165) is 24.5 Å². The van der Waals surface area contributed by atoms with Crippen molar-refractivity contribution in [1.29, 1.82) is 0 Å². The summed E-state index contributed by atoms with van der Waals surface area (Å²) in [6, 6.07) is 12.3. The lowest BCUT2D eigenvalue weighted by molar-refractivity contribution is -0.189. The maximum absolute atomic E-state index is 14.9. The molecule has 0 radical (unpaired) electrons. The minimum atomic E-state index is -4.72. The summed E-state index contributed by atoms with van der Waals surface area (Å²) in [6.45, 7) is 2.03. The Hall–Kier alpha value is -3.88. The van der Waals surface area contributed by atoms with Crippen LogP contribution in [-0.4, -0.2) is 0 Å². The number of halogens is 8. The highest BCUT2D eigenvalue weighted by molar-refractivity contribution is 5.71. The maximum atomic E-state index is 14.9. The zero-order chi connectivity index (χ0) is 26.9. The van der Waals surface area contributed by atoms with Crippen molar-refractivity contribution in [2.24, 2.45) is 0 Å². The molecule has 0 fully saturated rings. The quantitative estimate of drug-likeness (QED) is 0.174. The third kappa shape index (κ3) is 5.45. The van der Waals surface area contributed by atoms with E-state index in [4.69, 9.17) is 0 Å². The van der Waals surface area contributed by atoms with Gasteiger partial charge in [-0.25, -0.2) is 26.3 Å². The minimum Gasteiger partial charge on any atom is -0.429 e. The van der Waals surface area contributed by atoms with Crippen molar-refractivity contribution in [2.75, 3.05) is 0 Å². The van der Waals surface area contributed by atoms with E-state index in [-0.39, 0.29) is 28.8 Å². The summed E-state index contributed by atoms with van der Waals surface area (Å²) < 4.78 is 117. The third-order valence-corrected chi connectivity index (χ3v) is 5.64. The van der Waals surface area contributed by atoms with E-state index >= 15 is 0 Å². The molecule has 0 amide bonds. The van der Waals surface area contributed by atoms with Gasteiger partial charge in [0.1, 0.15) is 28.8 Å². The first-order valence-electron chi connectivity index (χ1n) is 11.1. The summed E-state index contributed by atoms with van der Waals surface area (Å²) in [5.41, 5.74) is -0.155. The zero-order valence-electron chi connectivity index (χ0n) is 19.2. The van der Waals surface area contributed by atoms with Crippen molar-refractivity contribution in [1.82, 2.24) is 0 Å². The van der Waals surface area contributed by atoms with Crippen LogP contribution in [0.2, 0.25) is 0 Å². The molecule has 0 spiro atoms. The van der Waals surface area contributed by atoms with Crippen molar-refractivity contribution in [3.8, 4) is 28.0 Å². The zero-order valence-corrected chi connectivity index (χ0v) is 19.2. The Morgan fingerprint density at radius 2 is 1.16 bits per heavy atom. The Bertz CT molecular complexity index is 1400. The molecule has 0 unspecified atom stereocenters. The second-order valence-electron chi connectivity index (χ2n) is 8.28. The van der Waals surface area contributed by atoms with Crippen molar-refractivity contribution in [3.05, 3.63) is 113 Å². The summed E-state index contributed by atoms with van der Waals surface area (Å²) in [5, 5.41) is 0. The number of hydrogen-bond acceptors (Lipinski definition) is 1. The van der Waals surface area contributed by atoms with Crippen LogP contribution < -0.4 is 4.74 Å². The highest BCUT2D eigenvalue weighted by Crippen LogP contribution is 2.38. The Balaban J connectivity index is 1.63. The normalized spacial score (nSPS) is 11.6. The van der Waals surface area contributed by atoms with Crippen LogP contribution in [0.4, 0.5) is 35.1 Å². The molecule has 0 aliphatic heterocycles. The van der Waals surface area contributed by atoms with Gasteiger partial charge in [-0.2, -0.15) is 8.78 Å². The average Bonchev–Trinajstić information content (AvgIpc) is 2.82. The average molecular weight is 522 g/mol. The number of benzene rings is 4. The Morgan fingerprint density at radius 3 is 1.70 bits per heavy atom. The van der Waals surface area contributed by atoms with Gasteiger partial charge in [0.05, 0.1) is 0 Å². The lowest BCUT2D eigenvalue weighted by Crippen LogP contribution is -2.25. The van der Waals surface area contributed by atoms with E-state index in [1.54, 1.807) is 12.1 Å². The monoisotopic (exact) mass is 522 g/mol. The topological polar surface area (TPSA) is 9.23 Å². The Labute approximate surface area is 207 Å². The number of hydrogen-bond donors (Lipinski definition) is 0. The van der Waals surface area contributed by atoms with Gasteiger partial charge in [-0.3, -0.25) is 0 Å². The molecule has 37 heavy (non-hydrogen) atoms. The van der Waals surface area contributed by atoms with E-state index in [1.807, 2.05) is 19.1 Å². The third-order valence-electron chi connectivity index (χ3n) is 5.64. The van der Waals surface area contributed by atoms with Crippen LogP contribution in [0.5, 0.6) is 5.75 Å². The predicted octanol–water partition coefficient (Wildman–Crippen LogP) is 8.94. The fourth-order valence-corrected chi connectivity index (χ4v) is 3.88. The molecule has 0 saturated heterocycles. The molecule has 4 aromatic rings. The maximum Gasteiger partial charge on any atom is 0.432 e. The summed E-state index contributed by atoms with van der Waals surface area (Å²) >= 11 is 0. The minimum absolute atomic E-state index is 0.0140. The standard InChI is InChI=1S/C28H18F8O/c1-2-3-15-4-6-16(7-5-15)20-9-8-17(10-21(20)29)18-11-22(30)26(23(31)12-18)28(35,36)37-19-13-24(32)27(34)25(33)14-19/h4-14H,2-3H2,1H3. The molecule has 0 aliphatic rings. The number of ether oxygens (including phenoxy) is 1. The van der Waals surface area contributed by atoms with Gasteiger partial charge in [-0.05, 0) is 46.9 Å². The Morgan fingerprint density at radius 1 is 0.622 bits per heavy atom. The number of rotatable bonds is 7. The molecule has 0 atom stereocenters. The molecule has 0 heterocycles. The molecule has 192 valence electrons. The van der Waals surface area contributed by atoms with Crippen molar-refractivity contribution in [2.45, 2.75) is 25.9 Å². The van der Waals surface area contributed by atoms with Crippen LogP contribution in [0, 0.1) is 34.9 Å². The van der Waals surface area contributed by atoms with Gasteiger partial charge in [0, 0.05) is 17.7 Å². The lowest BCUT2D eigenvalue weighted by atomic mass is 9.97. The molecule has 0 saturated carbocycles. The molecule has 0 aromatic heterocycles. The molecular weight excluding hydrogens is 504 g/mol. The van der Waals surface area contributed by atoms with Gasteiger partial charge in [0.15, 0.2) is 17.5 Å². The van der Waals surface area contributed by atoms with Gasteiger partial charge < -0.3 is 4.74 Å². The van der Waals surface area contributed by atoms with Gasteiger partial charge in [0.2, 0.25) is 0 Å². The summed E-state index contributed by atoms with van der Waals surface area (Å²) in [4.78, 5) is 0. The van der Waals surface area contributed by atoms with E-state index in [1.165, 1.54) is 12.1 Å². The van der Waals surface area contributed by atoms with Crippen LogP contribution in [0.15, 0.2) is 66.7 Å². The van der Waals surface area contributed by atoms with Crippen molar-refractivity contribution >= 4 is 0 Å². The summed E-state index contributed by atoms with van der Waals surface area (Å²) in [6.07, 6.45) is -2.89. The second-order valence-corrected chi connectivity index (χ2v) is 8.28. The molecule has 4 aromatic carbocycles. The largest absolute Gasteiger partial charge is 0.432 e. The fraction of sp³-hybridized carbons (Fsp3) is 0.143. The van der Waals surface area contributed by atoms with Crippen LogP contribution >= 0.6 is 0 Å². The molecule has 0 bridgehead atoms. The highest BCUT2D eigenvalue weighted by Gasteiger charge is 2.41. The SMILES string of the molecule is CCCc1ccc(-c2ccc(-c3cc(F)c(C(F)(F)Oc4cc(F)c(F)c(F)c4)c(F)c3)cc2F)cc1. The van der Waals surface area contributed by atoms with Crippen molar-refractivity contribution in [3.63, 3.8) is 0 Å². The fourth-order valence-electron chi connectivity index (χ4n) is 3.88.